The molecular formula is C20H32O2. The molecule has 2 nitrogen and oxygen atoms in total. The highest BCUT2D eigenvalue weighted by Crippen LogP contribution is 2.47. The quantitative estimate of drug-likeness (QED) is 0.628. The summed E-state index contributed by atoms with van der Waals surface area (Å²) in [5.74, 6) is 0.861. The van der Waals surface area contributed by atoms with Crippen molar-refractivity contribution in [2.45, 2.75) is 60.8 Å². The number of carbonyl (C=O) groups is 1. The highest BCUT2D eigenvalue weighted by Gasteiger charge is 2.45. The fraction of sp³-hybridized carbons (Fsp3) is 0.650. The van der Waals surface area contributed by atoms with Gasteiger partial charge in [-0.2, -0.15) is 0 Å². The Balaban J connectivity index is 3.03. The van der Waals surface area contributed by atoms with Crippen LogP contribution in [-0.4, -0.2) is 12.6 Å². The van der Waals surface area contributed by atoms with Crippen molar-refractivity contribution >= 4 is 5.97 Å². The molecule has 0 saturated heterocycles. The fourth-order valence-corrected chi connectivity index (χ4v) is 2.83. The van der Waals surface area contributed by atoms with Gasteiger partial charge in [-0.25, -0.2) is 0 Å². The van der Waals surface area contributed by atoms with Crippen LogP contribution < -0.4 is 0 Å². The van der Waals surface area contributed by atoms with E-state index in [-0.39, 0.29) is 11.4 Å². The molecule has 1 unspecified atom stereocenters. The zero-order chi connectivity index (χ0) is 17.0. The van der Waals surface area contributed by atoms with Crippen LogP contribution in [-0.2, 0) is 9.53 Å². The van der Waals surface area contributed by atoms with Crippen LogP contribution in [0.25, 0.3) is 0 Å². The second-order valence-electron chi connectivity index (χ2n) is 7.69. The van der Waals surface area contributed by atoms with Gasteiger partial charge >= 0.3 is 5.97 Å². The van der Waals surface area contributed by atoms with Gasteiger partial charge in [0, 0.05) is 0 Å². The molecular weight excluding hydrogens is 272 g/mol. The summed E-state index contributed by atoms with van der Waals surface area (Å²) in [4.78, 5) is 12.4. The first-order chi connectivity index (χ1) is 10.1. The summed E-state index contributed by atoms with van der Waals surface area (Å²) in [7, 11) is 0. The second-order valence-corrected chi connectivity index (χ2v) is 7.69. The van der Waals surface area contributed by atoms with E-state index in [1.807, 2.05) is 20.8 Å². The molecule has 0 saturated carbocycles. The van der Waals surface area contributed by atoms with E-state index in [0.717, 1.165) is 6.42 Å². The van der Waals surface area contributed by atoms with Gasteiger partial charge in [-0.15, -0.1) is 0 Å². The number of carbonyl (C=O) groups excluding carboxylic acids is 1. The van der Waals surface area contributed by atoms with Crippen molar-refractivity contribution < 1.29 is 9.53 Å². The Morgan fingerprint density at radius 2 is 1.64 bits per heavy atom. The molecule has 0 aromatic heterocycles. The normalized spacial score (nSPS) is 14.0. The van der Waals surface area contributed by atoms with Crippen LogP contribution in [0.4, 0.5) is 0 Å². The molecule has 2 heteroatoms. The van der Waals surface area contributed by atoms with Crippen LogP contribution in [0.15, 0.2) is 30.3 Å². The Morgan fingerprint density at radius 3 is 2.09 bits per heavy atom. The summed E-state index contributed by atoms with van der Waals surface area (Å²) in [5.41, 5.74) is 0.694. The van der Waals surface area contributed by atoms with Gasteiger partial charge in [-0.3, -0.25) is 4.79 Å². The molecule has 22 heavy (non-hydrogen) atoms. The van der Waals surface area contributed by atoms with Gasteiger partial charge in [0.2, 0.25) is 0 Å². The molecule has 0 fully saturated rings. The van der Waals surface area contributed by atoms with Crippen LogP contribution >= 0.6 is 0 Å². The van der Waals surface area contributed by atoms with Crippen LogP contribution in [0, 0.1) is 16.7 Å². The molecule has 0 bridgehead atoms. The lowest BCUT2D eigenvalue weighted by Crippen LogP contribution is -2.42. The van der Waals surface area contributed by atoms with Crippen molar-refractivity contribution in [3.8, 4) is 0 Å². The van der Waals surface area contributed by atoms with Crippen LogP contribution in [0.5, 0.6) is 0 Å². The Labute approximate surface area is 136 Å². The van der Waals surface area contributed by atoms with E-state index in [0.29, 0.717) is 18.4 Å². The molecule has 1 rings (SSSR count). The summed E-state index contributed by atoms with van der Waals surface area (Å²) in [6.45, 7) is 15.2. The topological polar surface area (TPSA) is 26.3 Å². The monoisotopic (exact) mass is 304 g/mol. The predicted molar refractivity (Wildman–Crippen MR) is 92.8 cm³/mol. The third kappa shape index (κ3) is 4.12. The first-order valence-electron chi connectivity index (χ1n) is 8.35. The summed E-state index contributed by atoms with van der Waals surface area (Å²) in [6.07, 6.45) is 0.959. The Hall–Kier alpha value is -1.31. The average molecular weight is 304 g/mol. The molecule has 124 valence electrons. The van der Waals surface area contributed by atoms with Crippen LogP contribution in [0.2, 0.25) is 0 Å². The minimum absolute atomic E-state index is 0.101. The van der Waals surface area contributed by atoms with Crippen LogP contribution in [0.3, 0.4) is 0 Å². The zero-order valence-corrected chi connectivity index (χ0v) is 15.3. The number of hydrogen-bond donors (Lipinski definition) is 0. The van der Waals surface area contributed by atoms with Crippen molar-refractivity contribution in [1.29, 1.82) is 0 Å². The summed E-state index contributed by atoms with van der Waals surface area (Å²) >= 11 is 0. The molecule has 0 amide bonds. The third-order valence-electron chi connectivity index (χ3n) is 5.24. The Kier molecular flexibility index (Phi) is 6.22. The van der Waals surface area contributed by atoms with Crippen molar-refractivity contribution in [2.75, 3.05) is 6.61 Å². The van der Waals surface area contributed by atoms with Crippen molar-refractivity contribution in [2.24, 2.45) is 16.7 Å². The molecule has 0 aliphatic carbocycles. The molecule has 0 heterocycles. The first kappa shape index (κ1) is 18.7. The largest absolute Gasteiger partial charge is 0.466 e. The Morgan fingerprint density at radius 1 is 1.09 bits per heavy atom. The van der Waals surface area contributed by atoms with E-state index in [1.165, 1.54) is 5.56 Å². The van der Waals surface area contributed by atoms with E-state index in [4.69, 9.17) is 4.74 Å². The third-order valence-corrected chi connectivity index (χ3v) is 5.24. The van der Waals surface area contributed by atoms with Crippen molar-refractivity contribution in [3.05, 3.63) is 35.9 Å². The molecule has 0 aliphatic rings. The van der Waals surface area contributed by atoms with E-state index >= 15 is 0 Å². The van der Waals surface area contributed by atoms with E-state index in [1.54, 1.807) is 0 Å². The van der Waals surface area contributed by atoms with Gasteiger partial charge in [0.05, 0.1) is 12.0 Å². The summed E-state index contributed by atoms with van der Waals surface area (Å²) in [6, 6.07) is 10.6. The number of hydrogen-bond acceptors (Lipinski definition) is 2. The van der Waals surface area contributed by atoms with Gasteiger partial charge in [-0.1, -0.05) is 58.0 Å². The SMILES string of the molecule is CCOC(=O)C(C)(C)C(C)(C)CC(c1ccccc1)C(C)C. The summed E-state index contributed by atoms with van der Waals surface area (Å²) < 4.78 is 5.30. The predicted octanol–water partition coefficient (Wildman–Crippen LogP) is 5.43. The number of benzene rings is 1. The van der Waals surface area contributed by atoms with E-state index in [2.05, 4.69) is 58.0 Å². The lowest BCUT2D eigenvalue weighted by Gasteiger charge is -2.42. The van der Waals surface area contributed by atoms with Crippen LogP contribution in [0.1, 0.15) is 66.4 Å². The van der Waals surface area contributed by atoms with Gasteiger partial charge < -0.3 is 4.74 Å². The molecule has 1 aromatic rings. The number of esters is 1. The lowest BCUT2D eigenvalue weighted by molar-refractivity contribution is -0.161. The maximum Gasteiger partial charge on any atom is 0.312 e. The lowest BCUT2D eigenvalue weighted by atomic mass is 9.62. The molecule has 1 aromatic carbocycles. The summed E-state index contributed by atoms with van der Waals surface area (Å²) in [5, 5.41) is 0. The molecule has 0 aliphatic heterocycles. The maximum atomic E-state index is 12.4. The van der Waals surface area contributed by atoms with E-state index in [9.17, 15) is 4.79 Å². The number of ether oxygens (including phenoxy) is 1. The van der Waals surface area contributed by atoms with Gasteiger partial charge in [0.1, 0.15) is 0 Å². The standard InChI is InChI=1S/C20H32O2/c1-8-22-18(21)20(6,7)19(4,5)14-17(15(2)3)16-12-10-9-11-13-16/h9-13,15,17H,8,14H2,1-7H3. The first-order valence-corrected chi connectivity index (χ1v) is 8.35. The minimum Gasteiger partial charge on any atom is -0.466 e. The second kappa shape index (κ2) is 7.30. The van der Waals surface area contributed by atoms with E-state index < -0.39 is 5.41 Å². The molecule has 1 atom stereocenters. The fourth-order valence-electron chi connectivity index (χ4n) is 2.83. The number of rotatable bonds is 7. The minimum atomic E-state index is -0.509. The van der Waals surface area contributed by atoms with Crippen molar-refractivity contribution in [3.63, 3.8) is 0 Å². The zero-order valence-electron chi connectivity index (χ0n) is 15.3. The molecule has 0 radical (unpaired) electrons. The maximum absolute atomic E-state index is 12.4. The smallest absolute Gasteiger partial charge is 0.312 e. The van der Waals surface area contributed by atoms with Crippen molar-refractivity contribution in [1.82, 2.24) is 0 Å². The average Bonchev–Trinajstić information content (AvgIpc) is 2.45. The molecule has 0 N–H and O–H groups in total. The van der Waals surface area contributed by atoms with Gasteiger partial charge in [-0.05, 0) is 50.0 Å². The van der Waals surface area contributed by atoms with Gasteiger partial charge in [0.25, 0.3) is 0 Å². The molecule has 0 spiro atoms. The highest BCUT2D eigenvalue weighted by atomic mass is 16.5. The Bertz CT molecular complexity index is 472. The van der Waals surface area contributed by atoms with Gasteiger partial charge in [0.15, 0.2) is 0 Å². The highest BCUT2D eigenvalue weighted by molar-refractivity contribution is 5.76.